The number of aliphatic hydroxyl groups is 2. The van der Waals surface area contributed by atoms with E-state index in [-0.39, 0.29) is 11.7 Å². The van der Waals surface area contributed by atoms with Crippen LogP contribution in [-0.4, -0.2) is 121 Å². The summed E-state index contributed by atoms with van der Waals surface area (Å²) in [6, 6.07) is 16.4. The lowest BCUT2D eigenvalue weighted by Gasteiger charge is -2.23. The van der Waals surface area contributed by atoms with Crippen molar-refractivity contribution in [1.29, 1.82) is 0 Å². The fourth-order valence-electron chi connectivity index (χ4n) is 6.61. The van der Waals surface area contributed by atoms with Gasteiger partial charge in [0, 0.05) is 31.6 Å². The second kappa shape index (κ2) is 14.1. The molecule has 0 radical (unpaired) electrons. The van der Waals surface area contributed by atoms with E-state index in [0.29, 0.717) is 42.1 Å². The van der Waals surface area contributed by atoms with Gasteiger partial charge in [-0.1, -0.05) is 24.3 Å². The number of benzene rings is 2. The summed E-state index contributed by atoms with van der Waals surface area (Å²) >= 11 is 0. The first-order valence-electron chi connectivity index (χ1n) is 16.7. The number of likely N-dealkylation sites (N-methyl/N-ethyl adjacent to an activating group) is 1. The maximum atomic E-state index is 11.2. The fourth-order valence-corrected chi connectivity index (χ4v) is 6.61. The van der Waals surface area contributed by atoms with Crippen LogP contribution in [0.5, 0.6) is 11.5 Å². The van der Waals surface area contributed by atoms with Crippen LogP contribution in [0.4, 0.5) is 11.8 Å². The van der Waals surface area contributed by atoms with Gasteiger partial charge in [0.2, 0.25) is 11.8 Å². The fraction of sp³-hybridized carbons (Fsp3) is 0.471. The average Bonchev–Trinajstić information content (AvgIpc) is 3.96. The molecule has 2 saturated heterocycles. The number of ether oxygens (including phenoxy) is 3. The highest BCUT2D eigenvalue weighted by Gasteiger charge is 2.47. The van der Waals surface area contributed by atoms with Gasteiger partial charge in [-0.2, -0.15) is 14.8 Å². The zero-order valence-corrected chi connectivity index (χ0v) is 28.8. The molecule has 264 valence electrons. The molecule has 2 aromatic carbocycles. The number of aromatic nitrogens is 8. The summed E-state index contributed by atoms with van der Waals surface area (Å²) in [6.45, 7) is 4.41. The van der Waals surface area contributed by atoms with Gasteiger partial charge in [0.15, 0.2) is 29.3 Å². The standard InChI is InChI=1S/C34H43N11O5/c1-6-45-40-31(39-41-45)29-27(46)28(47)33(50-29)44-19-36-26-30(37-34(38-32(26)44)43-16-15-22(18-43)42(2)3)35-17-25(20-7-11-23(48-4)12-8-20)21-9-13-24(49-5)14-10-21/h7-14,19,22,25,27-29,33,46-47H,6,15-18H2,1-5H3,(H,35,37,38)/t22-,27-,28+,29-,33+/m0/s1. The highest BCUT2D eigenvalue weighted by atomic mass is 16.6. The molecule has 2 aliphatic rings. The van der Waals surface area contributed by atoms with Crippen molar-refractivity contribution in [3.8, 4) is 11.5 Å². The number of hydrogen-bond donors (Lipinski definition) is 3. The number of aryl methyl sites for hydroxylation is 1. The number of aliphatic hydroxyl groups excluding tert-OH is 2. The predicted octanol–water partition coefficient (Wildman–Crippen LogP) is 2.23. The first kappa shape index (κ1) is 33.6. The third-order valence-electron chi connectivity index (χ3n) is 9.61. The Bertz CT molecular complexity index is 1850. The lowest BCUT2D eigenvalue weighted by molar-refractivity contribution is -0.0384. The van der Waals surface area contributed by atoms with Crippen LogP contribution in [0.2, 0.25) is 0 Å². The second-order valence-electron chi connectivity index (χ2n) is 12.8. The Kier molecular flexibility index (Phi) is 9.50. The Morgan fingerprint density at radius 1 is 0.980 bits per heavy atom. The summed E-state index contributed by atoms with van der Waals surface area (Å²) < 4.78 is 18.7. The zero-order valence-electron chi connectivity index (χ0n) is 28.8. The van der Waals surface area contributed by atoms with Gasteiger partial charge >= 0.3 is 0 Å². The van der Waals surface area contributed by atoms with Crippen molar-refractivity contribution < 1.29 is 24.4 Å². The Hall–Kier alpha value is -4.90. The number of hydrogen-bond acceptors (Lipinski definition) is 14. The highest BCUT2D eigenvalue weighted by Crippen LogP contribution is 2.39. The lowest BCUT2D eigenvalue weighted by atomic mass is 9.91. The summed E-state index contributed by atoms with van der Waals surface area (Å²) in [7, 11) is 7.46. The van der Waals surface area contributed by atoms with Gasteiger partial charge in [-0.25, -0.2) is 4.98 Å². The van der Waals surface area contributed by atoms with Crippen LogP contribution in [0.3, 0.4) is 0 Å². The SMILES string of the molecule is CCn1nnc([C@H]2O[C@@H](n3cnc4c(NCC(c5ccc(OC)cc5)c5ccc(OC)cc5)nc(N5CC[C@H](N(C)C)C5)nc43)[C@H](O)[C@@H]2O)n1. The molecule has 16 nitrogen and oxygen atoms in total. The summed E-state index contributed by atoms with van der Waals surface area (Å²) in [5.74, 6) is 2.76. The Balaban J connectivity index is 1.25. The highest BCUT2D eigenvalue weighted by molar-refractivity contribution is 5.84. The molecule has 3 aromatic heterocycles. The molecule has 5 aromatic rings. The Morgan fingerprint density at radius 2 is 1.66 bits per heavy atom. The molecule has 0 amide bonds. The van der Waals surface area contributed by atoms with E-state index < -0.39 is 24.5 Å². The van der Waals surface area contributed by atoms with Crippen LogP contribution in [0, 0.1) is 0 Å². The summed E-state index contributed by atoms with van der Waals surface area (Å²) in [5.41, 5.74) is 3.13. The Morgan fingerprint density at radius 3 is 2.24 bits per heavy atom. The quantitative estimate of drug-likeness (QED) is 0.174. The van der Waals surface area contributed by atoms with Crippen LogP contribution in [0.15, 0.2) is 54.9 Å². The van der Waals surface area contributed by atoms with E-state index in [1.165, 1.54) is 4.80 Å². The van der Waals surface area contributed by atoms with Gasteiger partial charge < -0.3 is 39.5 Å². The molecule has 0 aliphatic carbocycles. The maximum Gasteiger partial charge on any atom is 0.229 e. The van der Waals surface area contributed by atoms with Crippen LogP contribution < -0.4 is 19.7 Å². The molecule has 0 bridgehead atoms. The predicted molar refractivity (Wildman–Crippen MR) is 184 cm³/mol. The first-order chi connectivity index (χ1) is 24.3. The smallest absolute Gasteiger partial charge is 0.229 e. The molecule has 0 saturated carbocycles. The number of fused-ring (bicyclic) bond motifs is 1. The van der Waals surface area contributed by atoms with Crippen molar-refractivity contribution in [3.05, 3.63) is 71.8 Å². The van der Waals surface area contributed by atoms with Crippen molar-refractivity contribution in [2.24, 2.45) is 0 Å². The topological polar surface area (TPSA) is 174 Å². The van der Waals surface area contributed by atoms with E-state index in [4.69, 9.17) is 29.2 Å². The third-order valence-corrected chi connectivity index (χ3v) is 9.61. The second-order valence-corrected chi connectivity index (χ2v) is 12.8. The molecule has 5 atom stereocenters. The number of rotatable bonds is 12. The van der Waals surface area contributed by atoms with Crippen LogP contribution >= 0.6 is 0 Å². The molecular formula is C34H43N11O5. The normalized spacial score (nSPS) is 22.3. The van der Waals surface area contributed by atoms with Crippen LogP contribution in [0.1, 0.15) is 48.5 Å². The molecular weight excluding hydrogens is 642 g/mol. The van der Waals surface area contributed by atoms with E-state index in [1.807, 2.05) is 31.2 Å². The van der Waals surface area contributed by atoms with Crippen molar-refractivity contribution in [2.45, 2.75) is 56.4 Å². The van der Waals surface area contributed by atoms with Gasteiger partial charge in [0.05, 0.1) is 27.1 Å². The Labute approximate surface area is 289 Å². The van der Waals surface area contributed by atoms with Crippen LogP contribution in [-0.2, 0) is 11.3 Å². The van der Waals surface area contributed by atoms with Gasteiger partial charge in [-0.15, -0.1) is 10.2 Å². The van der Waals surface area contributed by atoms with Gasteiger partial charge in [-0.3, -0.25) is 4.57 Å². The van der Waals surface area contributed by atoms with Crippen molar-refractivity contribution >= 4 is 22.9 Å². The van der Waals surface area contributed by atoms with E-state index in [0.717, 1.165) is 42.1 Å². The third kappa shape index (κ3) is 6.42. The number of nitrogens with one attached hydrogen (secondary N) is 1. The molecule has 0 unspecified atom stereocenters. The number of imidazole rings is 1. The monoisotopic (exact) mass is 685 g/mol. The maximum absolute atomic E-state index is 11.2. The molecule has 50 heavy (non-hydrogen) atoms. The minimum atomic E-state index is -1.31. The van der Waals surface area contributed by atoms with Crippen LogP contribution in [0.25, 0.3) is 11.2 Å². The van der Waals surface area contributed by atoms with Gasteiger partial charge in [0.1, 0.15) is 23.7 Å². The average molecular weight is 686 g/mol. The summed E-state index contributed by atoms with van der Waals surface area (Å²) in [4.78, 5) is 20.5. The minimum absolute atomic E-state index is 0.0628. The van der Waals surface area contributed by atoms with Crippen molar-refractivity contribution in [2.75, 3.05) is 58.2 Å². The molecule has 3 N–H and O–H groups in total. The molecule has 16 heteroatoms. The molecule has 7 rings (SSSR count). The molecule has 2 aliphatic heterocycles. The minimum Gasteiger partial charge on any atom is -0.497 e. The number of tetrazole rings is 1. The summed E-state index contributed by atoms with van der Waals surface area (Å²) in [5, 5.41) is 38.2. The van der Waals surface area contributed by atoms with E-state index in [9.17, 15) is 10.2 Å². The van der Waals surface area contributed by atoms with Gasteiger partial charge in [0.25, 0.3) is 0 Å². The van der Waals surface area contributed by atoms with Crippen molar-refractivity contribution in [3.63, 3.8) is 0 Å². The van der Waals surface area contributed by atoms with E-state index in [2.05, 4.69) is 68.9 Å². The largest absolute Gasteiger partial charge is 0.497 e. The zero-order chi connectivity index (χ0) is 34.9. The lowest BCUT2D eigenvalue weighted by Crippen LogP contribution is -2.32. The molecule has 2 fully saturated rings. The molecule has 0 spiro atoms. The number of nitrogens with zero attached hydrogens (tertiary/aromatic N) is 10. The number of anilines is 2. The first-order valence-corrected chi connectivity index (χ1v) is 16.7. The van der Waals surface area contributed by atoms with E-state index in [1.54, 1.807) is 25.1 Å². The van der Waals surface area contributed by atoms with E-state index >= 15 is 0 Å². The number of methoxy groups -OCH3 is 2. The molecule has 5 heterocycles. The summed E-state index contributed by atoms with van der Waals surface area (Å²) in [6.07, 6.45) is -2.06. The van der Waals surface area contributed by atoms with Crippen molar-refractivity contribution in [1.82, 2.24) is 44.6 Å². The van der Waals surface area contributed by atoms with Gasteiger partial charge in [-0.05, 0) is 68.0 Å².